The van der Waals surface area contributed by atoms with Gasteiger partial charge in [0, 0.05) is 35.1 Å². The van der Waals surface area contributed by atoms with Crippen LogP contribution in [0.3, 0.4) is 0 Å². The maximum Gasteiger partial charge on any atom is 0.193 e. The van der Waals surface area contributed by atoms with Crippen molar-refractivity contribution in [3.05, 3.63) is 57.3 Å². The Morgan fingerprint density at radius 1 is 1.38 bits per heavy atom. The predicted molar refractivity (Wildman–Crippen MR) is 87.9 cm³/mol. The molecule has 21 heavy (non-hydrogen) atoms. The molecule has 1 aliphatic carbocycles. The lowest BCUT2D eigenvalue weighted by Crippen LogP contribution is -2.38. The molecule has 0 saturated carbocycles. The van der Waals surface area contributed by atoms with Crippen LogP contribution in [-0.2, 0) is 19.3 Å². The number of nitrogens with zero attached hydrogens (tertiary/aromatic N) is 2. The van der Waals surface area contributed by atoms with E-state index in [1.54, 1.807) is 11.3 Å². The van der Waals surface area contributed by atoms with Gasteiger partial charge in [0.2, 0.25) is 0 Å². The molecule has 2 heterocycles. The van der Waals surface area contributed by atoms with E-state index < -0.39 is 5.60 Å². The summed E-state index contributed by atoms with van der Waals surface area (Å²) in [7, 11) is 0. The van der Waals surface area contributed by atoms with E-state index >= 15 is 0 Å². The smallest absolute Gasteiger partial charge is 0.193 e. The van der Waals surface area contributed by atoms with Gasteiger partial charge < -0.3 is 5.11 Å². The largest absolute Gasteiger partial charge is 0.389 e. The molecule has 0 spiro atoms. The zero-order chi connectivity index (χ0) is 14.4. The summed E-state index contributed by atoms with van der Waals surface area (Å²) in [5, 5.41) is 13.0. The van der Waals surface area contributed by atoms with Crippen molar-refractivity contribution in [2.45, 2.75) is 31.3 Å². The number of fused-ring (bicyclic) bond motifs is 2. The van der Waals surface area contributed by atoms with Gasteiger partial charge in [0.05, 0.1) is 11.3 Å². The zero-order valence-electron chi connectivity index (χ0n) is 11.4. The third kappa shape index (κ3) is 2.54. The number of halogens is 1. The van der Waals surface area contributed by atoms with Crippen LogP contribution in [0.5, 0.6) is 0 Å². The van der Waals surface area contributed by atoms with Crippen LogP contribution in [0.15, 0.2) is 40.4 Å². The fourth-order valence-electron chi connectivity index (χ4n) is 3.16. The van der Waals surface area contributed by atoms with Gasteiger partial charge in [-0.2, -0.15) is 0 Å². The van der Waals surface area contributed by atoms with Crippen LogP contribution in [-0.4, -0.2) is 20.1 Å². The topological polar surface area (TPSA) is 37.5 Å². The van der Waals surface area contributed by atoms with E-state index in [0.29, 0.717) is 12.8 Å². The zero-order valence-corrected chi connectivity index (χ0v) is 13.8. The fraction of sp³-hybridized carbons (Fsp3) is 0.312. The van der Waals surface area contributed by atoms with E-state index in [0.717, 1.165) is 28.0 Å². The first-order valence-electron chi connectivity index (χ1n) is 7.02. The molecule has 0 fully saturated rings. The number of hydrogen-bond acceptors (Lipinski definition) is 3. The Labute approximate surface area is 135 Å². The summed E-state index contributed by atoms with van der Waals surface area (Å²) in [5.74, 6) is 0. The minimum atomic E-state index is -0.676. The van der Waals surface area contributed by atoms with Gasteiger partial charge in [-0.15, -0.1) is 11.3 Å². The second kappa shape index (κ2) is 4.93. The lowest BCUT2D eigenvalue weighted by Gasteiger charge is -2.33. The normalized spacial score (nSPS) is 21.6. The number of hydrogen-bond donors (Lipinski definition) is 1. The molecule has 0 radical (unpaired) electrons. The number of aryl methyl sites for hydroxylation is 1. The third-order valence-electron chi connectivity index (χ3n) is 4.20. The van der Waals surface area contributed by atoms with Crippen molar-refractivity contribution in [3.63, 3.8) is 0 Å². The van der Waals surface area contributed by atoms with Crippen LogP contribution < -0.4 is 0 Å². The average molecular weight is 363 g/mol. The molecule has 1 N–H and O–H groups in total. The molecule has 2 aromatic heterocycles. The summed E-state index contributed by atoms with van der Waals surface area (Å²) >= 11 is 5.14. The molecule has 108 valence electrons. The first-order chi connectivity index (χ1) is 10.1. The predicted octanol–water partition coefficient (Wildman–Crippen LogP) is 3.62. The number of aliphatic hydroxyl groups is 1. The minimum absolute atomic E-state index is 0.622. The van der Waals surface area contributed by atoms with Gasteiger partial charge in [0.15, 0.2) is 4.96 Å². The molecule has 1 atom stereocenters. The first-order valence-corrected chi connectivity index (χ1v) is 8.69. The van der Waals surface area contributed by atoms with E-state index in [-0.39, 0.29) is 0 Å². The molecule has 4 rings (SSSR count). The Morgan fingerprint density at radius 2 is 2.29 bits per heavy atom. The van der Waals surface area contributed by atoms with Crippen molar-refractivity contribution in [2.24, 2.45) is 0 Å². The highest BCUT2D eigenvalue weighted by Crippen LogP contribution is 2.33. The van der Waals surface area contributed by atoms with Gasteiger partial charge in [0.25, 0.3) is 0 Å². The van der Waals surface area contributed by atoms with E-state index in [1.807, 2.05) is 22.2 Å². The Hall–Kier alpha value is -1.17. The van der Waals surface area contributed by atoms with Gasteiger partial charge in [-0.05, 0) is 36.1 Å². The van der Waals surface area contributed by atoms with Crippen LogP contribution in [0, 0.1) is 0 Å². The summed E-state index contributed by atoms with van der Waals surface area (Å²) in [6.07, 6.45) is 7.09. The SMILES string of the molecule is OC1(Cc2cn3ccsc3n2)CCc2cc(Br)ccc2C1. The van der Waals surface area contributed by atoms with Gasteiger partial charge in [-0.3, -0.25) is 4.40 Å². The molecule has 5 heteroatoms. The second-order valence-electron chi connectivity index (χ2n) is 5.82. The van der Waals surface area contributed by atoms with Crippen molar-refractivity contribution < 1.29 is 5.11 Å². The second-order valence-corrected chi connectivity index (χ2v) is 7.60. The number of benzene rings is 1. The number of thiazole rings is 1. The van der Waals surface area contributed by atoms with Crippen LogP contribution in [0.25, 0.3) is 4.96 Å². The van der Waals surface area contributed by atoms with Crippen molar-refractivity contribution >= 4 is 32.2 Å². The molecule has 3 nitrogen and oxygen atoms in total. The van der Waals surface area contributed by atoms with E-state index in [4.69, 9.17) is 0 Å². The van der Waals surface area contributed by atoms with E-state index in [9.17, 15) is 5.11 Å². The maximum absolute atomic E-state index is 10.9. The summed E-state index contributed by atoms with van der Waals surface area (Å²) < 4.78 is 3.14. The molecular weight excluding hydrogens is 348 g/mol. The van der Waals surface area contributed by atoms with Gasteiger partial charge >= 0.3 is 0 Å². The highest BCUT2D eigenvalue weighted by atomic mass is 79.9. The Morgan fingerprint density at radius 3 is 3.14 bits per heavy atom. The fourth-order valence-corrected chi connectivity index (χ4v) is 4.29. The summed E-state index contributed by atoms with van der Waals surface area (Å²) in [5.41, 5.74) is 2.91. The standard InChI is InChI=1S/C16H15BrN2OS/c17-13-2-1-12-8-16(20,4-3-11(12)7-13)9-14-10-19-5-6-21-15(19)18-14/h1-2,5-7,10,20H,3-4,8-9H2. The van der Waals surface area contributed by atoms with Gasteiger partial charge in [-0.1, -0.05) is 22.0 Å². The molecule has 0 amide bonds. The van der Waals surface area contributed by atoms with Crippen molar-refractivity contribution in [2.75, 3.05) is 0 Å². The highest BCUT2D eigenvalue weighted by Gasteiger charge is 2.33. The average Bonchev–Trinajstić information content (AvgIpc) is 3.00. The van der Waals surface area contributed by atoms with E-state index in [1.165, 1.54) is 11.1 Å². The number of aromatic nitrogens is 2. The lowest BCUT2D eigenvalue weighted by atomic mass is 9.78. The highest BCUT2D eigenvalue weighted by molar-refractivity contribution is 9.10. The molecule has 1 aliphatic rings. The minimum Gasteiger partial charge on any atom is -0.389 e. The van der Waals surface area contributed by atoms with E-state index in [2.05, 4.69) is 39.1 Å². The van der Waals surface area contributed by atoms with Crippen LogP contribution in [0.2, 0.25) is 0 Å². The van der Waals surface area contributed by atoms with Gasteiger partial charge in [-0.25, -0.2) is 4.98 Å². The molecule has 0 saturated heterocycles. The Bertz CT molecular complexity index is 781. The molecule has 3 aromatic rings. The summed E-state index contributed by atoms with van der Waals surface area (Å²) in [6, 6.07) is 6.34. The Balaban J connectivity index is 1.60. The van der Waals surface area contributed by atoms with Crippen molar-refractivity contribution in [3.8, 4) is 0 Å². The number of rotatable bonds is 2. The van der Waals surface area contributed by atoms with Crippen LogP contribution >= 0.6 is 27.3 Å². The third-order valence-corrected chi connectivity index (χ3v) is 5.46. The number of imidazole rings is 1. The Kier molecular flexibility index (Phi) is 3.17. The first kappa shape index (κ1) is 13.5. The molecule has 1 aromatic carbocycles. The van der Waals surface area contributed by atoms with Gasteiger partial charge in [0.1, 0.15) is 0 Å². The molecular formula is C16H15BrN2OS. The molecule has 0 bridgehead atoms. The van der Waals surface area contributed by atoms with Crippen molar-refractivity contribution in [1.29, 1.82) is 0 Å². The molecule has 0 aliphatic heterocycles. The van der Waals surface area contributed by atoms with Crippen molar-refractivity contribution in [1.82, 2.24) is 9.38 Å². The summed E-state index contributed by atoms with van der Waals surface area (Å²) in [6.45, 7) is 0. The van der Waals surface area contributed by atoms with Crippen LogP contribution in [0.4, 0.5) is 0 Å². The lowest BCUT2D eigenvalue weighted by molar-refractivity contribution is 0.0259. The van der Waals surface area contributed by atoms with Crippen LogP contribution in [0.1, 0.15) is 23.2 Å². The summed E-state index contributed by atoms with van der Waals surface area (Å²) in [4.78, 5) is 5.59. The molecule has 1 unspecified atom stereocenters. The quantitative estimate of drug-likeness (QED) is 0.755. The maximum atomic E-state index is 10.9. The monoisotopic (exact) mass is 362 g/mol.